The number of likely N-dealkylation sites (tertiary alicyclic amines) is 1. The van der Waals surface area contributed by atoms with Crippen LogP contribution in [0.15, 0.2) is 30.3 Å². The normalized spacial score (nSPS) is 19.9. The topological polar surface area (TPSA) is 49.8 Å². The fourth-order valence-corrected chi connectivity index (χ4v) is 2.44. The van der Waals surface area contributed by atoms with Gasteiger partial charge in [-0.25, -0.2) is 0 Å². The van der Waals surface area contributed by atoms with Gasteiger partial charge < -0.3 is 9.84 Å². The zero-order valence-electron chi connectivity index (χ0n) is 11.1. The van der Waals surface area contributed by atoms with Crippen LogP contribution in [0.5, 0.6) is 5.75 Å². The summed E-state index contributed by atoms with van der Waals surface area (Å²) in [4.78, 5) is 13.1. The fraction of sp³-hybridized carbons (Fsp3) is 0.400. The van der Waals surface area contributed by atoms with E-state index < -0.39 is 5.97 Å². The Kier molecular flexibility index (Phi) is 4.58. The molecule has 1 saturated heterocycles. The molecule has 1 heterocycles. The molecule has 4 nitrogen and oxygen atoms in total. The van der Waals surface area contributed by atoms with E-state index in [0.717, 1.165) is 30.7 Å². The molecular formula is C15H19NO3. The van der Waals surface area contributed by atoms with E-state index in [-0.39, 0.29) is 6.04 Å². The number of hydrogen-bond acceptors (Lipinski definition) is 3. The average Bonchev–Trinajstić information content (AvgIpc) is 2.88. The van der Waals surface area contributed by atoms with Crippen LogP contribution < -0.4 is 4.74 Å². The van der Waals surface area contributed by atoms with Gasteiger partial charge in [0.15, 0.2) is 0 Å². The van der Waals surface area contributed by atoms with E-state index in [1.54, 1.807) is 7.11 Å². The minimum atomic E-state index is -0.719. The lowest BCUT2D eigenvalue weighted by molar-refractivity contribution is -0.141. The van der Waals surface area contributed by atoms with Crippen LogP contribution in [-0.2, 0) is 4.79 Å². The van der Waals surface area contributed by atoms with Crippen LogP contribution in [-0.4, -0.2) is 42.2 Å². The molecule has 0 saturated carbocycles. The first-order valence-corrected chi connectivity index (χ1v) is 6.49. The summed E-state index contributed by atoms with van der Waals surface area (Å²) in [5.74, 6) is 0.109. The molecule has 1 aromatic carbocycles. The highest BCUT2D eigenvalue weighted by atomic mass is 16.5. The van der Waals surface area contributed by atoms with Crippen molar-refractivity contribution in [1.82, 2.24) is 4.90 Å². The van der Waals surface area contributed by atoms with Crippen LogP contribution >= 0.6 is 0 Å². The molecule has 1 aliphatic heterocycles. The summed E-state index contributed by atoms with van der Waals surface area (Å²) in [6.45, 7) is 1.52. The van der Waals surface area contributed by atoms with Crippen molar-refractivity contribution in [3.63, 3.8) is 0 Å². The summed E-state index contributed by atoms with van der Waals surface area (Å²) < 4.78 is 5.27. The van der Waals surface area contributed by atoms with Crippen LogP contribution in [0.2, 0.25) is 0 Å². The Hall–Kier alpha value is -1.81. The molecule has 0 unspecified atom stereocenters. The molecule has 0 spiro atoms. The van der Waals surface area contributed by atoms with E-state index in [9.17, 15) is 4.79 Å². The third-order valence-electron chi connectivity index (χ3n) is 3.42. The third-order valence-corrected chi connectivity index (χ3v) is 3.42. The van der Waals surface area contributed by atoms with Crippen molar-refractivity contribution in [2.45, 2.75) is 18.9 Å². The lowest BCUT2D eigenvalue weighted by Gasteiger charge is -2.18. The molecule has 1 aromatic rings. The second kappa shape index (κ2) is 6.38. The molecule has 4 heteroatoms. The maximum absolute atomic E-state index is 11.1. The van der Waals surface area contributed by atoms with Gasteiger partial charge in [0.1, 0.15) is 11.8 Å². The largest absolute Gasteiger partial charge is 0.496 e. The molecule has 19 heavy (non-hydrogen) atoms. The maximum Gasteiger partial charge on any atom is 0.320 e. The standard InChI is InChI=1S/C15H19NO3/c1-19-14-9-3-2-6-12(14)7-4-10-16-11-5-8-13(16)15(17)18/h2-4,6-7,9,13H,5,8,10-11H2,1H3,(H,17,18)/b7-4+/t13-/m0/s1. The number of rotatable bonds is 5. The smallest absolute Gasteiger partial charge is 0.320 e. The van der Waals surface area contributed by atoms with Crippen LogP contribution in [0.3, 0.4) is 0 Å². The van der Waals surface area contributed by atoms with E-state index in [2.05, 4.69) is 0 Å². The van der Waals surface area contributed by atoms with Crippen molar-refractivity contribution < 1.29 is 14.6 Å². The number of carbonyl (C=O) groups is 1. The molecule has 0 aliphatic carbocycles. The number of nitrogens with zero attached hydrogens (tertiary/aromatic N) is 1. The van der Waals surface area contributed by atoms with Crippen molar-refractivity contribution in [1.29, 1.82) is 0 Å². The van der Waals surface area contributed by atoms with Gasteiger partial charge in [-0.3, -0.25) is 9.69 Å². The molecular weight excluding hydrogens is 242 g/mol. The van der Waals surface area contributed by atoms with E-state index in [0.29, 0.717) is 6.54 Å². The Bertz CT molecular complexity index is 470. The van der Waals surface area contributed by atoms with Crippen LogP contribution in [0.1, 0.15) is 18.4 Å². The van der Waals surface area contributed by atoms with Crippen LogP contribution in [0, 0.1) is 0 Å². The Morgan fingerprint density at radius 1 is 1.53 bits per heavy atom. The van der Waals surface area contributed by atoms with Crippen molar-refractivity contribution in [2.75, 3.05) is 20.2 Å². The molecule has 0 radical (unpaired) electrons. The highest BCUT2D eigenvalue weighted by Crippen LogP contribution is 2.20. The van der Waals surface area contributed by atoms with Crippen LogP contribution in [0.25, 0.3) is 6.08 Å². The predicted molar refractivity (Wildman–Crippen MR) is 74.3 cm³/mol. The monoisotopic (exact) mass is 261 g/mol. The molecule has 2 rings (SSSR count). The summed E-state index contributed by atoms with van der Waals surface area (Å²) in [5.41, 5.74) is 1.01. The van der Waals surface area contributed by atoms with Crippen molar-refractivity contribution >= 4 is 12.0 Å². The predicted octanol–water partition coefficient (Wildman–Crippen LogP) is 2.26. The van der Waals surface area contributed by atoms with Gasteiger partial charge in [0, 0.05) is 12.1 Å². The van der Waals surface area contributed by atoms with E-state index in [1.165, 1.54) is 0 Å². The highest BCUT2D eigenvalue weighted by molar-refractivity contribution is 5.73. The van der Waals surface area contributed by atoms with E-state index in [4.69, 9.17) is 9.84 Å². The summed E-state index contributed by atoms with van der Waals surface area (Å²) in [5, 5.41) is 9.10. The number of carboxylic acids is 1. The number of para-hydroxylation sites is 1. The number of aliphatic carboxylic acids is 1. The van der Waals surface area contributed by atoms with Crippen molar-refractivity contribution in [2.24, 2.45) is 0 Å². The first-order chi connectivity index (χ1) is 9.22. The SMILES string of the molecule is COc1ccccc1/C=C/CN1CCC[C@H]1C(=O)O. The number of ether oxygens (including phenoxy) is 1. The van der Waals surface area contributed by atoms with Crippen LogP contribution in [0.4, 0.5) is 0 Å². The number of hydrogen-bond donors (Lipinski definition) is 1. The molecule has 0 aromatic heterocycles. The molecule has 0 bridgehead atoms. The zero-order chi connectivity index (χ0) is 13.7. The third kappa shape index (κ3) is 3.35. The van der Waals surface area contributed by atoms with Gasteiger partial charge in [0.05, 0.1) is 7.11 Å². The van der Waals surface area contributed by atoms with Gasteiger partial charge >= 0.3 is 5.97 Å². The van der Waals surface area contributed by atoms with Gasteiger partial charge in [0.25, 0.3) is 0 Å². The van der Waals surface area contributed by atoms with Gasteiger partial charge in [0.2, 0.25) is 0 Å². The van der Waals surface area contributed by atoms with E-state index >= 15 is 0 Å². The summed E-state index contributed by atoms with van der Waals surface area (Å²) in [6, 6.07) is 7.45. The minimum absolute atomic E-state index is 0.331. The summed E-state index contributed by atoms with van der Waals surface area (Å²) in [7, 11) is 1.65. The van der Waals surface area contributed by atoms with Gasteiger partial charge in [-0.15, -0.1) is 0 Å². The Balaban J connectivity index is 1.98. The lowest BCUT2D eigenvalue weighted by Crippen LogP contribution is -2.35. The molecule has 0 amide bonds. The quantitative estimate of drug-likeness (QED) is 0.883. The summed E-state index contributed by atoms with van der Waals surface area (Å²) >= 11 is 0. The van der Waals surface area contributed by atoms with Gasteiger partial charge in [-0.2, -0.15) is 0 Å². The second-order valence-electron chi connectivity index (χ2n) is 4.64. The Morgan fingerprint density at radius 3 is 3.05 bits per heavy atom. The molecule has 1 N–H and O–H groups in total. The molecule has 1 atom stereocenters. The second-order valence-corrected chi connectivity index (χ2v) is 4.64. The zero-order valence-corrected chi connectivity index (χ0v) is 11.1. The molecule has 102 valence electrons. The van der Waals surface area contributed by atoms with Gasteiger partial charge in [-0.1, -0.05) is 30.4 Å². The Labute approximate surface area is 113 Å². The first kappa shape index (κ1) is 13.6. The maximum atomic E-state index is 11.1. The van der Waals surface area contributed by atoms with Gasteiger partial charge in [-0.05, 0) is 25.5 Å². The minimum Gasteiger partial charge on any atom is -0.496 e. The van der Waals surface area contributed by atoms with Crippen molar-refractivity contribution in [3.8, 4) is 5.75 Å². The fourth-order valence-electron chi connectivity index (χ4n) is 2.44. The average molecular weight is 261 g/mol. The van der Waals surface area contributed by atoms with Crippen molar-refractivity contribution in [3.05, 3.63) is 35.9 Å². The first-order valence-electron chi connectivity index (χ1n) is 6.49. The van der Waals surface area contributed by atoms with E-state index in [1.807, 2.05) is 41.3 Å². The number of benzene rings is 1. The highest BCUT2D eigenvalue weighted by Gasteiger charge is 2.29. The molecule has 1 fully saturated rings. The number of methoxy groups -OCH3 is 1. The lowest BCUT2D eigenvalue weighted by atomic mass is 10.2. The summed E-state index contributed by atoms with van der Waals surface area (Å²) in [6.07, 6.45) is 5.69. The number of carboxylic acid groups (broad SMARTS) is 1. The molecule has 1 aliphatic rings. The Morgan fingerprint density at radius 2 is 2.32 bits per heavy atom.